The fourth-order valence-electron chi connectivity index (χ4n) is 2.27. The molecule has 2 heterocycles. The number of carbonyl (C=O) groups excluding carboxylic acids is 1. The van der Waals surface area contributed by atoms with Crippen LogP contribution in [0.15, 0.2) is 61.1 Å². The number of pyridine rings is 2. The number of aromatic nitrogens is 2. The maximum absolute atomic E-state index is 12.4. The van der Waals surface area contributed by atoms with Crippen LogP contribution in [0.25, 0.3) is 10.9 Å². The van der Waals surface area contributed by atoms with Crippen molar-refractivity contribution >= 4 is 16.7 Å². The van der Waals surface area contributed by atoms with Crippen LogP contribution in [0.3, 0.4) is 0 Å². The first kappa shape index (κ1) is 12.5. The Morgan fingerprint density at radius 3 is 2.60 bits per heavy atom. The van der Waals surface area contributed by atoms with E-state index < -0.39 is 0 Å². The summed E-state index contributed by atoms with van der Waals surface area (Å²) >= 11 is 0. The molecule has 1 aromatic carbocycles. The van der Waals surface area contributed by atoms with Crippen LogP contribution in [-0.4, -0.2) is 15.8 Å². The van der Waals surface area contributed by atoms with Gasteiger partial charge in [0.15, 0.2) is 5.78 Å². The van der Waals surface area contributed by atoms with E-state index in [0.29, 0.717) is 12.0 Å². The number of hydrogen-bond donors (Lipinski definition) is 0. The normalized spacial score (nSPS) is 10.6. The zero-order valence-electron chi connectivity index (χ0n) is 11.0. The topological polar surface area (TPSA) is 42.9 Å². The summed E-state index contributed by atoms with van der Waals surface area (Å²) in [6.07, 6.45) is 6.44. The van der Waals surface area contributed by atoms with Crippen LogP contribution < -0.4 is 0 Å². The number of Topliss-reactive ketones (excluding diaryl/α,β-unsaturated/α-hetero) is 1. The van der Waals surface area contributed by atoms with Crippen LogP contribution in [0.2, 0.25) is 0 Å². The van der Waals surface area contributed by atoms with Crippen LogP contribution in [0.1, 0.15) is 22.3 Å². The molecule has 0 spiro atoms. The van der Waals surface area contributed by atoms with Crippen molar-refractivity contribution in [1.29, 1.82) is 0 Å². The fraction of sp³-hybridized carbons (Fsp3) is 0.118. The van der Waals surface area contributed by atoms with Gasteiger partial charge in [0.25, 0.3) is 0 Å². The second-order valence-electron chi connectivity index (χ2n) is 4.66. The van der Waals surface area contributed by atoms with Gasteiger partial charge in [-0.05, 0) is 36.2 Å². The smallest absolute Gasteiger partial charge is 0.165 e. The molecule has 0 aliphatic heterocycles. The maximum atomic E-state index is 12.4. The van der Waals surface area contributed by atoms with Crippen molar-refractivity contribution in [2.45, 2.75) is 12.8 Å². The van der Waals surface area contributed by atoms with Gasteiger partial charge in [0.05, 0.1) is 5.52 Å². The molecule has 3 heteroatoms. The molecule has 3 rings (SSSR count). The third kappa shape index (κ3) is 2.57. The van der Waals surface area contributed by atoms with Gasteiger partial charge in [-0.15, -0.1) is 0 Å². The highest BCUT2D eigenvalue weighted by Gasteiger charge is 2.10. The van der Waals surface area contributed by atoms with Gasteiger partial charge in [-0.1, -0.05) is 18.2 Å². The van der Waals surface area contributed by atoms with Crippen molar-refractivity contribution in [2.24, 2.45) is 0 Å². The van der Waals surface area contributed by atoms with Crippen molar-refractivity contribution in [2.75, 3.05) is 0 Å². The van der Waals surface area contributed by atoms with Crippen molar-refractivity contribution in [3.8, 4) is 0 Å². The van der Waals surface area contributed by atoms with Gasteiger partial charge in [0.1, 0.15) is 0 Å². The Morgan fingerprint density at radius 1 is 0.950 bits per heavy atom. The predicted molar refractivity (Wildman–Crippen MR) is 78.6 cm³/mol. The van der Waals surface area contributed by atoms with Gasteiger partial charge in [0, 0.05) is 36.0 Å². The summed E-state index contributed by atoms with van der Waals surface area (Å²) in [6.45, 7) is 0. The van der Waals surface area contributed by atoms with Gasteiger partial charge in [0.2, 0.25) is 0 Å². The molecule has 3 aromatic rings. The Bertz CT molecular complexity index is 733. The van der Waals surface area contributed by atoms with Gasteiger partial charge in [-0.2, -0.15) is 0 Å². The van der Waals surface area contributed by atoms with Crippen LogP contribution in [0, 0.1) is 0 Å². The molecule has 0 bridgehead atoms. The van der Waals surface area contributed by atoms with E-state index in [4.69, 9.17) is 0 Å². The Hall–Kier alpha value is -2.55. The maximum Gasteiger partial charge on any atom is 0.165 e. The molecule has 0 saturated heterocycles. The van der Waals surface area contributed by atoms with Crippen LogP contribution in [0.5, 0.6) is 0 Å². The molecule has 0 aliphatic carbocycles. The first-order valence-electron chi connectivity index (χ1n) is 6.60. The average molecular weight is 262 g/mol. The summed E-state index contributed by atoms with van der Waals surface area (Å²) in [7, 11) is 0. The van der Waals surface area contributed by atoms with Crippen molar-refractivity contribution in [3.63, 3.8) is 0 Å². The van der Waals surface area contributed by atoms with Gasteiger partial charge in [-0.3, -0.25) is 14.8 Å². The number of fused-ring (bicyclic) bond motifs is 1. The molecule has 98 valence electrons. The molecule has 0 aliphatic rings. The standard InChI is InChI=1S/C17H14N2O/c20-16(7-6-13-8-11-18-12-9-13)15-5-1-3-14-4-2-10-19-17(14)15/h1-5,8-12H,6-7H2. The van der Waals surface area contributed by atoms with E-state index in [2.05, 4.69) is 9.97 Å². The highest BCUT2D eigenvalue weighted by molar-refractivity contribution is 6.06. The number of carbonyl (C=O) groups is 1. The van der Waals surface area contributed by atoms with E-state index >= 15 is 0 Å². The number of ketones is 1. The Morgan fingerprint density at radius 2 is 1.75 bits per heavy atom. The summed E-state index contributed by atoms with van der Waals surface area (Å²) in [6, 6.07) is 13.5. The molecule has 0 amide bonds. The quantitative estimate of drug-likeness (QED) is 0.676. The lowest BCUT2D eigenvalue weighted by molar-refractivity contribution is 0.0984. The Balaban J connectivity index is 1.82. The SMILES string of the molecule is O=C(CCc1ccncc1)c1cccc2cccnc12. The van der Waals surface area contributed by atoms with Crippen molar-refractivity contribution in [3.05, 3.63) is 72.2 Å². The number of hydrogen-bond acceptors (Lipinski definition) is 3. The lowest BCUT2D eigenvalue weighted by Gasteiger charge is -2.05. The molecule has 0 atom stereocenters. The summed E-state index contributed by atoms with van der Waals surface area (Å²) in [5, 5.41) is 1.00. The number of aryl methyl sites for hydroxylation is 1. The first-order chi connectivity index (χ1) is 9.84. The monoisotopic (exact) mass is 262 g/mol. The Kier molecular flexibility index (Phi) is 3.50. The number of para-hydroxylation sites is 1. The number of nitrogens with zero attached hydrogens (tertiary/aromatic N) is 2. The van der Waals surface area contributed by atoms with Gasteiger partial charge < -0.3 is 0 Å². The van der Waals surface area contributed by atoms with Gasteiger partial charge >= 0.3 is 0 Å². The molecule has 0 radical (unpaired) electrons. The molecule has 0 N–H and O–H groups in total. The molecule has 0 fully saturated rings. The fourth-order valence-corrected chi connectivity index (χ4v) is 2.27. The minimum Gasteiger partial charge on any atom is -0.294 e. The molecule has 0 saturated carbocycles. The average Bonchev–Trinajstić information content (AvgIpc) is 2.53. The summed E-state index contributed by atoms with van der Waals surface area (Å²) in [5.74, 6) is 0.131. The van der Waals surface area contributed by atoms with E-state index in [-0.39, 0.29) is 5.78 Å². The van der Waals surface area contributed by atoms with E-state index in [9.17, 15) is 4.79 Å². The second kappa shape index (κ2) is 5.61. The van der Waals surface area contributed by atoms with Crippen molar-refractivity contribution in [1.82, 2.24) is 9.97 Å². The molecular formula is C17H14N2O. The minimum absolute atomic E-state index is 0.131. The molecule has 3 nitrogen and oxygen atoms in total. The highest BCUT2D eigenvalue weighted by Crippen LogP contribution is 2.18. The third-order valence-electron chi connectivity index (χ3n) is 3.32. The summed E-state index contributed by atoms with van der Waals surface area (Å²) in [4.78, 5) is 20.7. The summed E-state index contributed by atoms with van der Waals surface area (Å²) in [5.41, 5.74) is 2.62. The molecular weight excluding hydrogens is 248 g/mol. The largest absolute Gasteiger partial charge is 0.294 e. The van der Waals surface area contributed by atoms with Gasteiger partial charge in [-0.25, -0.2) is 0 Å². The van der Waals surface area contributed by atoms with E-state index in [1.165, 1.54) is 0 Å². The predicted octanol–water partition coefficient (Wildman–Crippen LogP) is 3.45. The lowest BCUT2D eigenvalue weighted by Crippen LogP contribution is -2.03. The minimum atomic E-state index is 0.131. The molecule has 2 aromatic heterocycles. The molecule has 0 unspecified atom stereocenters. The zero-order valence-corrected chi connectivity index (χ0v) is 11.0. The number of rotatable bonds is 4. The van der Waals surface area contributed by atoms with Crippen LogP contribution >= 0.6 is 0 Å². The second-order valence-corrected chi connectivity index (χ2v) is 4.66. The van der Waals surface area contributed by atoms with Crippen LogP contribution in [0.4, 0.5) is 0 Å². The number of benzene rings is 1. The first-order valence-corrected chi connectivity index (χ1v) is 6.60. The van der Waals surface area contributed by atoms with E-state index in [1.54, 1.807) is 18.6 Å². The summed E-state index contributed by atoms with van der Waals surface area (Å²) < 4.78 is 0. The Labute approximate surface area is 117 Å². The third-order valence-corrected chi connectivity index (χ3v) is 3.32. The van der Waals surface area contributed by atoms with E-state index in [0.717, 1.165) is 22.9 Å². The lowest BCUT2D eigenvalue weighted by atomic mass is 10.0. The molecule has 20 heavy (non-hydrogen) atoms. The highest BCUT2D eigenvalue weighted by atomic mass is 16.1. The van der Waals surface area contributed by atoms with E-state index in [1.807, 2.05) is 42.5 Å². The van der Waals surface area contributed by atoms with Crippen molar-refractivity contribution < 1.29 is 4.79 Å². The zero-order chi connectivity index (χ0) is 13.8. The van der Waals surface area contributed by atoms with Crippen LogP contribution in [-0.2, 0) is 6.42 Å².